The summed E-state index contributed by atoms with van der Waals surface area (Å²) in [5.41, 5.74) is 0. The van der Waals surface area contributed by atoms with E-state index in [0.717, 1.165) is 0 Å². The van der Waals surface area contributed by atoms with E-state index in [2.05, 4.69) is 24.8 Å². The lowest BCUT2D eigenvalue weighted by molar-refractivity contribution is 0.991. The smallest absolute Gasteiger partial charge is 0.0231 e. The number of thiol groups is 1. The normalized spacial score (nSPS) is 33.4. The lowest BCUT2D eigenvalue weighted by Crippen LogP contribution is -1.98. The van der Waals surface area contributed by atoms with Crippen molar-refractivity contribution in [3.63, 3.8) is 0 Å². The molecular weight excluding hydrogens is 80.1 g/mol. The van der Waals surface area contributed by atoms with Crippen LogP contribution in [0.15, 0.2) is 12.2 Å². The maximum Gasteiger partial charge on any atom is 0.0231 e. The van der Waals surface area contributed by atoms with Crippen LogP contribution in [0.4, 0.5) is 0 Å². The van der Waals surface area contributed by atoms with Gasteiger partial charge in [-0.1, -0.05) is 12.2 Å². The van der Waals surface area contributed by atoms with E-state index in [1.165, 1.54) is 6.42 Å². The maximum atomic E-state index is 4.10. The fourth-order valence-electron chi connectivity index (χ4n) is 0.258. The summed E-state index contributed by atoms with van der Waals surface area (Å²) < 4.78 is 0. The molecule has 0 aliphatic heterocycles. The minimum absolute atomic E-state index is 0.579. The highest BCUT2D eigenvalue weighted by molar-refractivity contribution is 7.81. The molecule has 0 radical (unpaired) electrons. The lowest BCUT2D eigenvalue weighted by atomic mass is 10.1. The molecule has 28 valence electrons. The van der Waals surface area contributed by atoms with Gasteiger partial charge in [0.05, 0.1) is 0 Å². The quantitative estimate of drug-likeness (QED) is 0.333. The van der Waals surface area contributed by atoms with Gasteiger partial charge in [0, 0.05) is 5.25 Å². The summed E-state index contributed by atoms with van der Waals surface area (Å²) in [4.78, 5) is 0. The van der Waals surface area contributed by atoms with Crippen LogP contribution < -0.4 is 0 Å². The standard InChI is InChI=1S/C4H6S/c5-4-2-1-3-4/h1-2,4-5H,3H2. The van der Waals surface area contributed by atoms with Gasteiger partial charge in [-0.15, -0.1) is 0 Å². The van der Waals surface area contributed by atoms with Crippen molar-refractivity contribution in [2.24, 2.45) is 0 Å². The molecule has 0 fully saturated rings. The maximum absolute atomic E-state index is 4.10. The van der Waals surface area contributed by atoms with Crippen molar-refractivity contribution in [1.82, 2.24) is 0 Å². The van der Waals surface area contributed by atoms with Gasteiger partial charge < -0.3 is 0 Å². The molecule has 0 aromatic heterocycles. The van der Waals surface area contributed by atoms with Crippen molar-refractivity contribution >= 4 is 12.6 Å². The molecule has 0 heterocycles. The first-order valence-corrected chi connectivity index (χ1v) is 2.26. The predicted molar refractivity (Wildman–Crippen MR) is 26.5 cm³/mol. The summed E-state index contributed by atoms with van der Waals surface area (Å²) in [5.74, 6) is 0. The van der Waals surface area contributed by atoms with Crippen molar-refractivity contribution in [2.75, 3.05) is 0 Å². The van der Waals surface area contributed by atoms with Crippen LogP contribution in [-0.2, 0) is 0 Å². The van der Waals surface area contributed by atoms with E-state index >= 15 is 0 Å². The van der Waals surface area contributed by atoms with Crippen LogP contribution in [0, 0.1) is 0 Å². The molecule has 0 bridgehead atoms. The number of allylic oxidation sites excluding steroid dienone is 1. The number of hydrogen-bond donors (Lipinski definition) is 1. The molecule has 1 heteroatoms. The SMILES string of the molecule is SC1C=CC1. The highest BCUT2D eigenvalue weighted by atomic mass is 32.1. The minimum Gasteiger partial charge on any atom is -0.171 e. The Morgan fingerprint density at radius 1 is 1.80 bits per heavy atom. The second-order valence-corrected chi connectivity index (χ2v) is 1.89. The van der Waals surface area contributed by atoms with Crippen molar-refractivity contribution in [1.29, 1.82) is 0 Å². The zero-order chi connectivity index (χ0) is 3.70. The molecule has 1 atom stereocenters. The Morgan fingerprint density at radius 2 is 2.20 bits per heavy atom. The van der Waals surface area contributed by atoms with E-state index in [-0.39, 0.29) is 0 Å². The molecule has 0 N–H and O–H groups in total. The van der Waals surface area contributed by atoms with Crippen LogP contribution in [0.25, 0.3) is 0 Å². The van der Waals surface area contributed by atoms with Gasteiger partial charge in [0.2, 0.25) is 0 Å². The molecule has 1 aliphatic rings. The van der Waals surface area contributed by atoms with Crippen LogP contribution in [0.2, 0.25) is 0 Å². The Morgan fingerprint density at radius 3 is 2.20 bits per heavy atom. The molecular formula is C4H6S. The average Bonchev–Trinajstić information content (AvgIpc) is 1.30. The second-order valence-electron chi connectivity index (χ2n) is 1.23. The minimum atomic E-state index is 0.579. The zero-order valence-corrected chi connectivity index (χ0v) is 3.78. The fourth-order valence-corrected chi connectivity index (χ4v) is 0.501. The zero-order valence-electron chi connectivity index (χ0n) is 2.89. The van der Waals surface area contributed by atoms with Gasteiger partial charge in [-0.05, 0) is 6.42 Å². The van der Waals surface area contributed by atoms with E-state index in [1.807, 2.05) is 0 Å². The van der Waals surface area contributed by atoms with Crippen LogP contribution in [0.3, 0.4) is 0 Å². The van der Waals surface area contributed by atoms with E-state index < -0.39 is 0 Å². The fraction of sp³-hybridized carbons (Fsp3) is 0.500. The number of hydrogen-bond acceptors (Lipinski definition) is 1. The van der Waals surface area contributed by atoms with E-state index in [9.17, 15) is 0 Å². The Kier molecular flexibility index (Phi) is 0.692. The van der Waals surface area contributed by atoms with Gasteiger partial charge in [0.25, 0.3) is 0 Å². The first kappa shape index (κ1) is 3.29. The molecule has 0 nitrogen and oxygen atoms in total. The Labute approximate surface area is 37.3 Å². The molecule has 0 aromatic rings. The van der Waals surface area contributed by atoms with Gasteiger partial charge in [0.15, 0.2) is 0 Å². The highest BCUT2D eigenvalue weighted by Gasteiger charge is 1.99. The highest BCUT2D eigenvalue weighted by Crippen LogP contribution is 2.12. The molecule has 1 rings (SSSR count). The summed E-state index contributed by atoms with van der Waals surface area (Å²) in [5, 5.41) is 0.579. The van der Waals surface area contributed by atoms with E-state index in [4.69, 9.17) is 0 Å². The molecule has 0 spiro atoms. The van der Waals surface area contributed by atoms with Crippen LogP contribution >= 0.6 is 12.6 Å². The largest absolute Gasteiger partial charge is 0.171 e. The summed E-state index contributed by atoms with van der Waals surface area (Å²) in [6.07, 6.45) is 5.38. The molecule has 5 heavy (non-hydrogen) atoms. The van der Waals surface area contributed by atoms with Gasteiger partial charge in [-0.25, -0.2) is 0 Å². The van der Waals surface area contributed by atoms with Gasteiger partial charge >= 0.3 is 0 Å². The summed E-state index contributed by atoms with van der Waals surface area (Å²) in [7, 11) is 0. The second kappa shape index (κ2) is 1.05. The first-order valence-electron chi connectivity index (χ1n) is 1.74. The molecule has 0 saturated carbocycles. The predicted octanol–water partition coefficient (Wildman–Crippen LogP) is 1.24. The summed E-state index contributed by atoms with van der Waals surface area (Å²) in [6.45, 7) is 0. The third-order valence-corrected chi connectivity index (χ3v) is 1.12. The first-order chi connectivity index (χ1) is 2.39. The summed E-state index contributed by atoms with van der Waals surface area (Å²) >= 11 is 4.10. The summed E-state index contributed by atoms with van der Waals surface area (Å²) in [6, 6.07) is 0. The van der Waals surface area contributed by atoms with Gasteiger partial charge in [0.1, 0.15) is 0 Å². The molecule has 0 aromatic carbocycles. The molecule has 0 amide bonds. The van der Waals surface area contributed by atoms with E-state index in [1.54, 1.807) is 0 Å². The lowest BCUT2D eigenvalue weighted by Gasteiger charge is -2.07. The molecule has 0 saturated heterocycles. The van der Waals surface area contributed by atoms with Crippen molar-refractivity contribution < 1.29 is 0 Å². The van der Waals surface area contributed by atoms with Crippen LogP contribution in [-0.4, -0.2) is 5.25 Å². The van der Waals surface area contributed by atoms with Crippen LogP contribution in [0.1, 0.15) is 6.42 Å². The third-order valence-electron chi connectivity index (χ3n) is 0.736. The van der Waals surface area contributed by atoms with E-state index in [0.29, 0.717) is 5.25 Å². The van der Waals surface area contributed by atoms with Crippen molar-refractivity contribution in [3.8, 4) is 0 Å². The topological polar surface area (TPSA) is 0 Å². The van der Waals surface area contributed by atoms with Gasteiger partial charge in [-0.3, -0.25) is 0 Å². The van der Waals surface area contributed by atoms with Crippen LogP contribution in [0.5, 0.6) is 0 Å². The molecule has 1 aliphatic carbocycles. The Balaban J connectivity index is 2.39. The Bertz CT molecular complexity index is 56.7. The number of rotatable bonds is 0. The molecule has 1 unspecified atom stereocenters. The van der Waals surface area contributed by atoms with Gasteiger partial charge in [-0.2, -0.15) is 12.6 Å². The van der Waals surface area contributed by atoms with Crippen molar-refractivity contribution in [3.05, 3.63) is 12.2 Å². The monoisotopic (exact) mass is 86.0 g/mol. The Hall–Kier alpha value is 0.0900. The third kappa shape index (κ3) is 0.482. The van der Waals surface area contributed by atoms with Crippen molar-refractivity contribution in [2.45, 2.75) is 11.7 Å². The average molecular weight is 86.2 g/mol.